The van der Waals surface area contributed by atoms with Crippen molar-refractivity contribution in [2.45, 2.75) is 52.1 Å². The molecule has 2 rings (SSSR count). The molecule has 2 N–H and O–H groups in total. The molecule has 0 aliphatic rings. The van der Waals surface area contributed by atoms with Crippen molar-refractivity contribution in [3.05, 3.63) is 70.3 Å². The van der Waals surface area contributed by atoms with Crippen LogP contribution in [0, 0.1) is 0 Å². The van der Waals surface area contributed by atoms with E-state index in [0.717, 1.165) is 23.3 Å². The van der Waals surface area contributed by atoms with Gasteiger partial charge in [-0.3, -0.25) is 4.79 Å². The fraction of sp³-hybridized carbons (Fsp3) is 0.400. The van der Waals surface area contributed by atoms with E-state index in [0.29, 0.717) is 24.7 Å². The van der Waals surface area contributed by atoms with Gasteiger partial charge in [-0.05, 0) is 47.7 Å². The maximum absolute atomic E-state index is 10.5. The number of carboxylic acid groups (broad SMARTS) is 1. The lowest BCUT2D eigenvalue weighted by atomic mass is 10.0. The number of ether oxygens (including phenoxy) is 1. The van der Waals surface area contributed by atoms with Gasteiger partial charge >= 0.3 is 5.97 Å². The monoisotopic (exact) mass is 465 g/mol. The van der Waals surface area contributed by atoms with Crippen molar-refractivity contribution in [1.29, 1.82) is 0 Å². The molecule has 0 saturated heterocycles. The summed E-state index contributed by atoms with van der Waals surface area (Å²) in [6.45, 7) is 3.78. The zero-order chi connectivity index (χ0) is 21.6. The minimum atomic E-state index is -0.802. The van der Waals surface area contributed by atoms with E-state index in [-0.39, 0.29) is 18.8 Å². The van der Waals surface area contributed by atoms with Crippen LogP contribution in [0.15, 0.2) is 48.5 Å². The third-order valence-corrected chi connectivity index (χ3v) is 5.12. The van der Waals surface area contributed by atoms with E-state index >= 15 is 0 Å². The van der Waals surface area contributed by atoms with Crippen LogP contribution in [-0.2, 0) is 17.8 Å². The molecule has 0 aromatic heterocycles. The number of rotatable bonds is 14. The second-order valence-electron chi connectivity index (χ2n) is 7.35. The van der Waals surface area contributed by atoms with E-state index in [9.17, 15) is 4.79 Å². The summed E-state index contributed by atoms with van der Waals surface area (Å²) in [6.07, 6.45) is 10.2. The molecule has 0 amide bonds. The molecule has 0 unspecified atom stereocenters. The maximum atomic E-state index is 10.5. The number of carbonyl (C=O) groups is 1. The van der Waals surface area contributed by atoms with Crippen molar-refractivity contribution in [3.63, 3.8) is 0 Å². The molecule has 2 aromatic carbocycles. The minimum Gasteiger partial charge on any atom is -0.489 e. The van der Waals surface area contributed by atoms with E-state index in [2.05, 4.69) is 36.5 Å². The molecule has 0 bridgehead atoms. The average Bonchev–Trinajstić information content (AvgIpc) is 2.74. The Morgan fingerprint density at radius 3 is 2.52 bits per heavy atom. The Labute approximate surface area is 197 Å². The van der Waals surface area contributed by atoms with Gasteiger partial charge in [-0.15, -0.1) is 12.4 Å². The van der Waals surface area contributed by atoms with Gasteiger partial charge in [0.05, 0.1) is 11.4 Å². The number of nitrogens with one attached hydrogen (secondary N) is 1. The first-order valence-electron chi connectivity index (χ1n) is 10.7. The number of carboxylic acids is 1. The third kappa shape index (κ3) is 11.3. The number of hydrogen-bond acceptors (Lipinski definition) is 3. The summed E-state index contributed by atoms with van der Waals surface area (Å²) < 4.78 is 5.88. The van der Waals surface area contributed by atoms with Crippen LogP contribution in [0.2, 0.25) is 5.02 Å². The lowest BCUT2D eigenvalue weighted by Crippen LogP contribution is -2.17. The van der Waals surface area contributed by atoms with Crippen LogP contribution in [0.25, 0.3) is 6.08 Å². The number of unbranched alkanes of at least 4 members (excludes halogenated alkanes) is 3. The van der Waals surface area contributed by atoms with Crippen molar-refractivity contribution >= 4 is 36.1 Å². The van der Waals surface area contributed by atoms with Gasteiger partial charge in [0.2, 0.25) is 0 Å². The number of halogens is 2. The molecule has 0 spiro atoms. The quantitative estimate of drug-likeness (QED) is 0.311. The van der Waals surface area contributed by atoms with E-state index < -0.39 is 5.97 Å². The number of aryl methyl sites for hydroxylation is 1. The highest BCUT2D eigenvalue weighted by Crippen LogP contribution is 2.24. The Morgan fingerprint density at radius 2 is 1.84 bits per heavy atom. The number of benzene rings is 2. The van der Waals surface area contributed by atoms with E-state index in [1.807, 2.05) is 30.4 Å². The molecular formula is C25H33Cl2NO3. The second-order valence-corrected chi connectivity index (χ2v) is 7.76. The van der Waals surface area contributed by atoms with Crippen LogP contribution < -0.4 is 10.1 Å². The predicted molar refractivity (Wildman–Crippen MR) is 131 cm³/mol. The Balaban J connectivity index is 0.00000480. The second kappa shape index (κ2) is 15.7. The van der Waals surface area contributed by atoms with E-state index in [4.69, 9.17) is 21.4 Å². The van der Waals surface area contributed by atoms with Gasteiger partial charge in [-0.2, -0.15) is 0 Å². The van der Waals surface area contributed by atoms with Gasteiger partial charge in [0.25, 0.3) is 0 Å². The largest absolute Gasteiger partial charge is 0.489 e. The molecule has 4 nitrogen and oxygen atoms in total. The van der Waals surface area contributed by atoms with Crippen molar-refractivity contribution < 1.29 is 14.6 Å². The van der Waals surface area contributed by atoms with Crippen LogP contribution in [0.4, 0.5) is 0 Å². The molecule has 0 heterocycles. The lowest BCUT2D eigenvalue weighted by molar-refractivity contribution is -0.136. The summed E-state index contributed by atoms with van der Waals surface area (Å²) in [5.74, 6) is -0.0659. The first-order chi connectivity index (χ1) is 14.6. The lowest BCUT2D eigenvalue weighted by Gasteiger charge is -2.09. The highest BCUT2D eigenvalue weighted by molar-refractivity contribution is 6.32. The fourth-order valence-electron chi connectivity index (χ4n) is 3.02. The Bertz CT molecular complexity index is 807. The number of hydrogen-bond donors (Lipinski definition) is 2. The molecule has 0 atom stereocenters. The predicted octanol–water partition coefficient (Wildman–Crippen LogP) is 6.54. The molecule has 0 aliphatic carbocycles. The Kier molecular flexibility index (Phi) is 13.7. The number of aliphatic carboxylic acids is 1. The van der Waals surface area contributed by atoms with Gasteiger partial charge in [0, 0.05) is 13.1 Å². The van der Waals surface area contributed by atoms with Gasteiger partial charge in [-0.25, -0.2) is 0 Å². The van der Waals surface area contributed by atoms with Gasteiger partial charge in [0.1, 0.15) is 12.4 Å². The van der Waals surface area contributed by atoms with Crippen LogP contribution in [0.3, 0.4) is 0 Å². The summed E-state index contributed by atoms with van der Waals surface area (Å²) in [4.78, 5) is 10.5. The average molecular weight is 466 g/mol. The Morgan fingerprint density at radius 1 is 1.10 bits per heavy atom. The zero-order valence-electron chi connectivity index (χ0n) is 18.1. The highest BCUT2D eigenvalue weighted by atomic mass is 35.5. The summed E-state index contributed by atoms with van der Waals surface area (Å²) >= 11 is 6.36. The van der Waals surface area contributed by atoms with Gasteiger partial charge < -0.3 is 15.2 Å². The highest BCUT2D eigenvalue weighted by Gasteiger charge is 2.02. The maximum Gasteiger partial charge on any atom is 0.304 e. The van der Waals surface area contributed by atoms with E-state index in [1.165, 1.54) is 31.2 Å². The Hall–Kier alpha value is -2.01. The first-order valence-corrected chi connectivity index (χ1v) is 11.1. The van der Waals surface area contributed by atoms with Gasteiger partial charge in [0.15, 0.2) is 0 Å². The van der Waals surface area contributed by atoms with Crippen LogP contribution in [0.1, 0.15) is 55.7 Å². The zero-order valence-corrected chi connectivity index (χ0v) is 19.7. The van der Waals surface area contributed by atoms with Crippen LogP contribution in [0.5, 0.6) is 5.75 Å². The first kappa shape index (κ1) is 27.0. The van der Waals surface area contributed by atoms with Gasteiger partial charge in [-0.1, -0.05) is 74.2 Å². The van der Waals surface area contributed by atoms with Crippen LogP contribution in [-0.4, -0.2) is 24.2 Å². The molecule has 2 aromatic rings. The topological polar surface area (TPSA) is 58.6 Å². The molecule has 0 aliphatic heterocycles. The van der Waals surface area contributed by atoms with Crippen LogP contribution >= 0.6 is 24.0 Å². The fourth-order valence-corrected chi connectivity index (χ4v) is 3.26. The minimum absolute atomic E-state index is 0. The van der Waals surface area contributed by atoms with Crippen molar-refractivity contribution in [1.82, 2.24) is 5.32 Å². The smallest absolute Gasteiger partial charge is 0.304 e. The molecular weight excluding hydrogens is 433 g/mol. The van der Waals surface area contributed by atoms with Crippen molar-refractivity contribution in [2.75, 3.05) is 13.1 Å². The molecule has 0 saturated carbocycles. The summed E-state index contributed by atoms with van der Waals surface area (Å²) in [5.41, 5.74) is 3.42. The summed E-state index contributed by atoms with van der Waals surface area (Å²) in [7, 11) is 0. The van der Waals surface area contributed by atoms with E-state index in [1.54, 1.807) is 0 Å². The molecule has 0 radical (unpaired) electrons. The van der Waals surface area contributed by atoms with Crippen molar-refractivity contribution in [3.8, 4) is 5.75 Å². The summed E-state index contributed by atoms with van der Waals surface area (Å²) in [5, 5.41) is 12.3. The third-order valence-electron chi connectivity index (χ3n) is 4.79. The molecule has 31 heavy (non-hydrogen) atoms. The SMILES string of the molecule is CCCCCCc1ccc(COc2ccc(/C=C/CNCCC(=O)O)c(Cl)c2)cc1.Cl. The standard InChI is InChI=1S/C25H32ClNO3.ClH/c1-2-3-4-5-7-20-9-11-21(12-10-20)19-30-23-14-13-22(24(26)18-23)8-6-16-27-17-15-25(28)29;/h6,8-14,18,27H,2-5,7,15-17,19H2,1H3,(H,28,29);1H/b8-6+;. The normalized spacial score (nSPS) is 10.8. The molecule has 0 fully saturated rings. The summed E-state index contributed by atoms with van der Waals surface area (Å²) in [6, 6.07) is 14.3. The molecule has 170 valence electrons. The molecule has 6 heteroatoms. The van der Waals surface area contributed by atoms with Crippen molar-refractivity contribution in [2.24, 2.45) is 0 Å².